The molecule has 0 bridgehead atoms. The zero-order valence-electron chi connectivity index (χ0n) is 18.4. The zero-order chi connectivity index (χ0) is 23.0. The molecule has 1 aromatic heterocycles. The lowest BCUT2D eigenvalue weighted by molar-refractivity contribution is 0.280. The monoisotopic (exact) mass is 493 g/mol. The second kappa shape index (κ2) is 9.43. The molecule has 2 heterocycles. The molecular formula is C24H29F2N3O2S2. The highest BCUT2D eigenvalue weighted by Crippen LogP contribution is 2.39. The molecule has 1 saturated heterocycles. The molecule has 2 atom stereocenters. The maximum Gasteiger partial charge on any atom is 0.250 e. The quantitative estimate of drug-likeness (QED) is 0.618. The summed E-state index contributed by atoms with van der Waals surface area (Å²) in [4.78, 5) is 4.86. The van der Waals surface area contributed by atoms with Crippen molar-refractivity contribution in [2.24, 2.45) is 16.8 Å². The van der Waals surface area contributed by atoms with Gasteiger partial charge in [-0.15, -0.1) is 11.3 Å². The van der Waals surface area contributed by atoms with Crippen LogP contribution in [0.15, 0.2) is 38.8 Å². The van der Waals surface area contributed by atoms with E-state index in [-0.39, 0.29) is 12.0 Å². The first-order valence-electron chi connectivity index (χ1n) is 11.7. The summed E-state index contributed by atoms with van der Waals surface area (Å²) in [7, 11) is -3.39. The number of hydrogen-bond acceptors (Lipinski definition) is 4. The smallest absolute Gasteiger partial charge is 0.250 e. The van der Waals surface area contributed by atoms with Crippen LogP contribution in [-0.2, 0) is 16.4 Å². The number of amidine groups is 1. The standard InChI is InChI=1S/C24H29F2N3O2S2/c25-20-10-17-7-8-22-19(18(17)11-21(20)26)12-23(29-22)27-13-15-3-5-16(6-4-15)14-28-33(30,31)24-2-1-9-32-24/h1-2,9-11,15-16,19,22,28H,3-8,12-14H2,(H,27,29). The van der Waals surface area contributed by atoms with Crippen molar-refractivity contribution in [3.05, 3.63) is 52.4 Å². The van der Waals surface area contributed by atoms with E-state index in [1.54, 1.807) is 17.5 Å². The van der Waals surface area contributed by atoms with Gasteiger partial charge in [-0.05, 0) is 85.1 Å². The van der Waals surface area contributed by atoms with Crippen molar-refractivity contribution in [1.29, 1.82) is 0 Å². The lowest BCUT2D eigenvalue weighted by Gasteiger charge is -2.28. The van der Waals surface area contributed by atoms with Crippen molar-refractivity contribution in [2.45, 2.75) is 61.1 Å². The number of nitrogens with zero attached hydrogens (tertiary/aromatic N) is 1. The number of rotatable bonds is 6. The molecule has 0 spiro atoms. The molecule has 178 valence electrons. The lowest BCUT2D eigenvalue weighted by Crippen LogP contribution is -2.32. The minimum Gasteiger partial charge on any atom is -0.370 e. The topological polar surface area (TPSA) is 70.6 Å². The first-order chi connectivity index (χ1) is 15.9. The van der Waals surface area contributed by atoms with Crippen LogP contribution < -0.4 is 10.0 Å². The van der Waals surface area contributed by atoms with E-state index >= 15 is 0 Å². The van der Waals surface area contributed by atoms with Gasteiger partial charge in [0.2, 0.25) is 10.0 Å². The van der Waals surface area contributed by atoms with Gasteiger partial charge in [-0.1, -0.05) is 6.07 Å². The van der Waals surface area contributed by atoms with Crippen LogP contribution in [0.4, 0.5) is 8.78 Å². The van der Waals surface area contributed by atoms with Gasteiger partial charge < -0.3 is 5.32 Å². The van der Waals surface area contributed by atoms with E-state index in [9.17, 15) is 17.2 Å². The molecule has 1 aromatic carbocycles. The van der Waals surface area contributed by atoms with Crippen molar-refractivity contribution in [3.63, 3.8) is 0 Å². The van der Waals surface area contributed by atoms with Crippen LogP contribution in [0.5, 0.6) is 0 Å². The molecule has 9 heteroatoms. The van der Waals surface area contributed by atoms with E-state index in [0.717, 1.165) is 68.5 Å². The minimum absolute atomic E-state index is 0.162. The Morgan fingerprint density at radius 3 is 2.61 bits per heavy atom. The fraction of sp³-hybridized carbons (Fsp3) is 0.542. The highest BCUT2D eigenvalue weighted by Gasteiger charge is 2.37. The second-order valence-electron chi connectivity index (χ2n) is 9.52. The summed E-state index contributed by atoms with van der Waals surface area (Å²) >= 11 is 1.23. The van der Waals surface area contributed by atoms with Crippen LogP contribution in [0.2, 0.25) is 0 Å². The number of aliphatic imine (C=N–C) groups is 1. The molecular weight excluding hydrogens is 464 g/mol. The SMILES string of the molecule is O=S(=O)(NCC1CCC(CN=C2CC3c4cc(F)c(F)cc4CCC3N2)CC1)c1cccs1. The third kappa shape index (κ3) is 5.00. The fourth-order valence-electron chi connectivity index (χ4n) is 5.48. The Morgan fingerprint density at radius 2 is 1.85 bits per heavy atom. The summed E-state index contributed by atoms with van der Waals surface area (Å²) in [5.74, 6) is 0.480. The summed E-state index contributed by atoms with van der Waals surface area (Å²) < 4.78 is 55.2. The van der Waals surface area contributed by atoms with E-state index in [1.807, 2.05) is 0 Å². The van der Waals surface area contributed by atoms with E-state index in [0.29, 0.717) is 22.6 Å². The molecule has 0 radical (unpaired) electrons. The molecule has 0 amide bonds. The maximum atomic E-state index is 13.8. The van der Waals surface area contributed by atoms with Gasteiger partial charge in [0.15, 0.2) is 11.6 Å². The highest BCUT2D eigenvalue weighted by atomic mass is 32.2. The number of aryl methyl sites for hydroxylation is 1. The van der Waals surface area contributed by atoms with Crippen LogP contribution in [-0.4, -0.2) is 33.4 Å². The molecule has 1 saturated carbocycles. The van der Waals surface area contributed by atoms with Gasteiger partial charge in [0, 0.05) is 31.5 Å². The van der Waals surface area contributed by atoms with Crippen molar-refractivity contribution in [1.82, 2.24) is 10.0 Å². The normalized spacial score (nSPS) is 28.4. The Kier molecular flexibility index (Phi) is 6.55. The summed E-state index contributed by atoms with van der Waals surface area (Å²) in [5.41, 5.74) is 1.85. The Balaban J connectivity index is 1.11. The largest absolute Gasteiger partial charge is 0.370 e. The van der Waals surface area contributed by atoms with Crippen molar-refractivity contribution < 1.29 is 17.2 Å². The fourth-order valence-corrected chi connectivity index (χ4v) is 7.64. The number of benzene rings is 1. The number of thiophene rings is 1. The molecule has 33 heavy (non-hydrogen) atoms. The average molecular weight is 494 g/mol. The number of fused-ring (bicyclic) bond motifs is 3. The molecule has 2 fully saturated rings. The summed E-state index contributed by atoms with van der Waals surface area (Å²) in [6.07, 6.45) is 6.51. The average Bonchev–Trinajstić information content (AvgIpc) is 3.49. The number of halogens is 2. The summed E-state index contributed by atoms with van der Waals surface area (Å²) in [5, 5.41) is 5.29. The molecule has 5 nitrogen and oxygen atoms in total. The first-order valence-corrected chi connectivity index (χ1v) is 14.1. The van der Waals surface area contributed by atoms with Crippen molar-refractivity contribution >= 4 is 27.2 Å². The third-order valence-electron chi connectivity index (χ3n) is 7.39. The van der Waals surface area contributed by atoms with Gasteiger partial charge in [-0.2, -0.15) is 0 Å². The van der Waals surface area contributed by atoms with Crippen LogP contribution in [0.25, 0.3) is 0 Å². The molecule has 3 aliphatic rings. The number of hydrogen-bond donors (Lipinski definition) is 2. The molecule has 2 aliphatic carbocycles. The first kappa shape index (κ1) is 22.9. The van der Waals surface area contributed by atoms with Gasteiger partial charge in [-0.3, -0.25) is 4.99 Å². The predicted molar refractivity (Wildman–Crippen MR) is 126 cm³/mol. The van der Waals surface area contributed by atoms with E-state index in [1.165, 1.54) is 23.5 Å². The van der Waals surface area contributed by atoms with Crippen molar-refractivity contribution in [3.8, 4) is 0 Å². The molecule has 2 N–H and O–H groups in total. The van der Waals surface area contributed by atoms with Gasteiger partial charge in [0.1, 0.15) is 4.21 Å². The van der Waals surface area contributed by atoms with Crippen LogP contribution in [0, 0.1) is 23.5 Å². The van der Waals surface area contributed by atoms with E-state index in [4.69, 9.17) is 4.99 Å². The molecule has 5 rings (SSSR count). The highest BCUT2D eigenvalue weighted by molar-refractivity contribution is 7.91. The van der Waals surface area contributed by atoms with E-state index < -0.39 is 21.7 Å². The Hall–Kier alpha value is -1.84. The predicted octanol–water partition coefficient (Wildman–Crippen LogP) is 4.60. The maximum absolute atomic E-state index is 13.8. The summed E-state index contributed by atoms with van der Waals surface area (Å²) in [6, 6.07) is 6.35. The van der Waals surface area contributed by atoms with Crippen LogP contribution in [0.1, 0.15) is 55.6 Å². The molecule has 2 unspecified atom stereocenters. The molecule has 2 aromatic rings. The molecule has 1 aliphatic heterocycles. The van der Waals surface area contributed by atoms with Crippen LogP contribution >= 0.6 is 11.3 Å². The number of nitrogens with one attached hydrogen (secondary N) is 2. The number of sulfonamides is 1. The van der Waals surface area contributed by atoms with Gasteiger partial charge in [0.05, 0.1) is 5.84 Å². The van der Waals surface area contributed by atoms with Gasteiger partial charge in [0.25, 0.3) is 0 Å². The Bertz CT molecular complexity index is 1130. The van der Waals surface area contributed by atoms with Crippen LogP contribution in [0.3, 0.4) is 0 Å². The second-order valence-corrected chi connectivity index (χ2v) is 12.5. The van der Waals surface area contributed by atoms with E-state index in [2.05, 4.69) is 10.0 Å². The third-order valence-corrected chi connectivity index (χ3v) is 10.2. The minimum atomic E-state index is -3.39. The van der Waals surface area contributed by atoms with Gasteiger partial charge in [-0.25, -0.2) is 21.9 Å². The Labute approximate surface area is 197 Å². The van der Waals surface area contributed by atoms with Crippen molar-refractivity contribution in [2.75, 3.05) is 13.1 Å². The van der Waals surface area contributed by atoms with Gasteiger partial charge >= 0.3 is 0 Å². The zero-order valence-corrected chi connectivity index (χ0v) is 20.0. The Morgan fingerprint density at radius 1 is 1.09 bits per heavy atom. The lowest BCUT2D eigenvalue weighted by atomic mass is 9.79. The summed E-state index contributed by atoms with van der Waals surface area (Å²) in [6.45, 7) is 1.25.